The summed E-state index contributed by atoms with van der Waals surface area (Å²) in [6.07, 6.45) is 2.41. The predicted molar refractivity (Wildman–Crippen MR) is 123 cm³/mol. The van der Waals surface area contributed by atoms with Gasteiger partial charge >= 0.3 is 0 Å². The van der Waals surface area contributed by atoms with E-state index in [2.05, 4.69) is 13.0 Å². The molecule has 2 aliphatic heterocycles. The second-order valence-corrected chi connectivity index (χ2v) is 10.2. The van der Waals surface area contributed by atoms with Gasteiger partial charge in [0.05, 0.1) is 23.5 Å². The van der Waals surface area contributed by atoms with E-state index in [1.807, 2.05) is 30.0 Å². The van der Waals surface area contributed by atoms with E-state index >= 15 is 0 Å². The Balaban J connectivity index is 1.95. The molecule has 9 heteroatoms. The highest BCUT2D eigenvalue weighted by molar-refractivity contribution is 8.77. The smallest absolute Gasteiger partial charge is 0.240 e. The Morgan fingerprint density at radius 1 is 1.29 bits per heavy atom. The van der Waals surface area contributed by atoms with Gasteiger partial charge in [0.2, 0.25) is 18.6 Å². The molecule has 0 N–H and O–H groups in total. The molecular formula is C22H29N3O4S2. The van der Waals surface area contributed by atoms with Gasteiger partial charge < -0.3 is 19.3 Å². The molecule has 1 fully saturated rings. The maximum Gasteiger partial charge on any atom is 0.240 e. The summed E-state index contributed by atoms with van der Waals surface area (Å²) in [4.78, 5) is 29.5. The van der Waals surface area contributed by atoms with Crippen molar-refractivity contribution in [3.63, 3.8) is 0 Å². The molecule has 2 heterocycles. The topological polar surface area (TPSA) is 82.9 Å². The number of benzene rings is 1. The second-order valence-electron chi connectivity index (χ2n) is 7.65. The zero-order valence-corrected chi connectivity index (χ0v) is 20.0. The number of rotatable bonds is 8. The van der Waals surface area contributed by atoms with Gasteiger partial charge in [0, 0.05) is 20.4 Å². The Labute approximate surface area is 191 Å². The molecule has 0 spiro atoms. The van der Waals surface area contributed by atoms with Crippen LogP contribution in [0.1, 0.15) is 58.1 Å². The Morgan fingerprint density at radius 3 is 2.68 bits per heavy atom. The van der Waals surface area contributed by atoms with Crippen LogP contribution in [0.4, 0.5) is 0 Å². The monoisotopic (exact) mass is 463 g/mol. The van der Waals surface area contributed by atoms with Crippen LogP contribution < -0.4 is 9.47 Å². The molecule has 2 aliphatic rings. The zero-order chi connectivity index (χ0) is 22.5. The number of carbonyl (C=O) groups is 2. The fraction of sp³-hybridized carbons (Fsp3) is 0.591. The maximum atomic E-state index is 13.8. The fourth-order valence-corrected chi connectivity index (χ4v) is 7.55. The van der Waals surface area contributed by atoms with E-state index < -0.39 is 0 Å². The molecule has 0 aliphatic carbocycles. The van der Waals surface area contributed by atoms with Crippen LogP contribution in [0.5, 0.6) is 11.5 Å². The molecule has 1 saturated heterocycles. The molecule has 0 saturated carbocycles. The van der Waals surface area contributed by atoms with Gasteiger partial charge in [-0.15, -0.1) is 0 Å². The number of hydrogen-bond acceptors (Lipinski definition) is 7. The van der Waals surface area contributed by atoms with Crippen LogP contribution in [0, 0.1) is 11.3 Å². The minimum Gasteiger partial charge on any atom is -0.454 e. The van der Waals surface area contributed by atoms with Crippen molar-refractivity contribution >= 4 is 33.4 Å². The molecule has 0 radical (unpaired) electrons. The molecule has 2 amide bonds. The number of amides is 2. The SMILES string of the molecule is CC[C@H](c1ccc2c(c1)OCO2)N1C(=O)C([C@H](CC)N(C)C(C)=O)SSC1CCC#N. The Morgan fingerprint density at radius 2 is 2.03 bits per heavy atom. The third-order valence-corrected chi connectivity index (χ3v) is 8.99. The van der Waals surface area contributed by atoms with E-state index in [0.717, 1.165) is 12.0 Å². The predicted octanol–water partition coefficient (Wildman–Crippen LogP) is 4.35. The van der Waals surface area contributed by atoms with Crippen LogP contribution in [-0.2, 0) is 9.59 Å². The van der Waals surface area contributed by atoms with Crippen LogP contribution in [0.3, 0.4) is 0 Å². The van der Waals surface area contributed by atoms with Crippen LogP contribution in [0.2, 0.25) is 0 Å². The summed E-state index contributed by atoms with van der Waals surface area (Å²) in [5.74, 6) is 1.37. The van der Waals surface area contributed by atoms with Crippen LogP contribution in [-0.4, -0.2) is 52.1 Å². The van der Waals surface area contributed by atoms with Gasteiger partial charge in [-0.1, -0.05) is 41.5 Å². The minimum absolute atomic E-state index is 0.0242. The van der Waals surface area contributed by atoms with Crippen LogP contribution >= 0.6 is 21.6 Å². The second kappa shape index (κ2) is 10.5. The lowest BCUT2D eigenvalue weighted by molar-refractivity contribution is -0.137. The van der Waals surface area contributed by atoms with Gasteiger partial charge in [0.15, 0.2) is 11.5 Å². The lowest BCUT2D eigenvalue weighted by Gasteiger charge is -2.45. The number of hydrogen-bond donors (Lipinski definition) is 0. The van der Waals surface area contributed by atoms with Crippen LogP contribution in [0.15, 0.2) is 18.2 Å². The standard InChI is InChI=1S/C22H29N3O4S2/c1-5-16(15-9-10-18-19(12-15)29-13-28-18)25-20(8-7-11-23)30-31-21(22(25)27)17(6-2)24(4)14(3)26/h9-10,12,16-17,20-21H,5-8,13H2,1-4H3/t16-,17+,20?,21?/m1/s1. The molecule has 168 valence electrons. The maximum absolute atomic E-state index is 13.8. The van der Waals surface area contributed by atoms with Crippen molar-refractivity contribution in [2.45, 2.75) is 69.2 Å². The zero-order valence-electron chi connectivity index (χ0n) is 18.4. The summed E-state index contributed by atoms with van der Waals surface area (Å²) >= 11 is 0. The highest BCUT2D eigenvalue weighted by Crippen LogP contribution is 2.48. The molecule has 2 unspecified atom stereocenters. The molecule has 31 heavy (non-hydrogen) atoms. The Bertz CT molecular complexity index is 860. The molecular weight excluding hydrogens is 434 g/mol. The van der Waals surface area contributed by atoms with E-state index in [0.29, 0.717) is 30.8 Å². The molecule has 3 rings (SSSR count). The first-order chi connectivity index (χ1) is 14.9. The van der Waals surface area contributed by atoms with Crippen molar-refractivity contribution in [3.05, 3.63) is 23.8 Å². The van der Waals surface area contributed by atoms with Gasteiger partial charge in [-0.05, 0) is 37.0 Å². The summed E-state index contributed by atoms with van der Waals surface area (Å²) in [6, 6.07) is 7.69. The summed E-state index contributed by atoms with van der Waals surface area (Å²) in [5.41, 5.74) is 0.987. The first kappa shape index (κ1) is 23.6. The highest BCUT2D eigenvalue weighted by atomic mass is 33.1. The fourth-order valence-electron chi connectivity index (χ4n) is 4.10. The van der Waals surface area contributed by atoms with E-state index in [-0.39, 0.29) is 41.3 Å². The minimum atomic E-state index is -0.356. The molecule has 0 aromatic heterocycles. The van der Waals surface area contributed by atoms with E-state index in [4.69, 9.17) is 14.7 Å². The average Bonchev–Trinajstić information content (AvgIpc) is 3.23. The molecule has 4 atom stereocenters. The van der Waals surface area contributed by atoms with Crippen molar-refractivity contribution in [2.24, 2.45) is 0 Å². The number of carbonyl (C=O) groups excluding carboxylic acids is 2. The van der Waals surface area contributed by atoms with Crippen molar-refractivity contribution in [1.29, 1.82) is 5.26 Å². The Kier molecular flexibility index (Phi) is 8.00. The largest absolute Gasteiger partial charge is 0.454 e. The third kappa shape index (κ3) is 4.90. The average molecular weight is 464 g/mol. The highest BCUT2D eigenvalue weighted by Gasteiger charge is 2.44. The number of nitriles is 1. The van der Waals surface area contributed by atoms with E-state index in [1.54, 1.807) is 22.7 Å². The lowest BCUT2D eigenvalue weighted by atomic mass is 9.99. The summed E-state index contributed by atoms with van der Waals surface area (Å²) in [6.45, 7) is 5.80. The van der Waals surface area contributed by atoms with Crippen molar-refractivity contribution < 1.29 is 19.1 Å². The summed E-state index contributed by atoms with van der Waals surface area (Å²) in [7, 11) is 4.93. The normalized spacial score (nSPS) is 22.0. The van der Waals surface area contributed by atoms with Gasteiger partial charge in [-0.3, -0.25) is 9.59 Å². The third-order valence-electron chi connectivity index (χ3n) is 5.85. The molecule has 1 aromatic carbocycles. The van der Waals surface area contributed by atoms with Crippen molar-refractivity contribution in [2.75, 3.05) is 13.8 Å². The van der Waals surface area contributed by atoms with Gasteiger partial charge in [-0.25, -0.2) is 0 Å². The first-order valence-electron chi connectivity index (χ1n) is 10.6. The van der Waals surface area contributed by atoms with Crippen molar-refractivity contribution in [1.82, 2.24) is 9.80 Å². The quantitative estimate of drug-likeness (QED) is 0.530. The number of nitrogens with zero attached hydrogens (tertiary/aromatic N) is 3. The lowest BCUT2D eigenvalue weighted by Crippen LogP contribution is -2.55. The summed E-state index contributed by atoms with van der Waals surface area (Å²) < 4.78 is 11.0. The van der Waals surface area contributed by atoms with Gasteiger partial charge in [0.1, 0.15) is 5.25 Å². The van der Waals surface area contributed by atoms with Gasteiger partial charge in [0.25, 0.3) is 0 Å². The van der Waals surface area contributed by atoms with Crippen molar-refractivity contribution in [3.8, 4) is 17.6 Å². The number of fused-ring (bicyclic) bond motifs is 1. The molecule has 0 bridgehead atoms. The molecule has 7 nitrogen and oxygen atoms in total. The number of ether oxygens (including phenoxy) is 2. The van der Waals surface area contributed by atoms with E-state index in [9.17, 15) is 9.59 Å². The van der Waals surface area contributed by atoms with Gasteiger partial charge in [-0.2, -0.15) is 5.26 Å². The van der Waals surface area contributed by atoms with E-state index in [1.165, 1.54) is 17.7 Å². The summed E-state index contributed by atoms with van der Waals surface area (Å²) in [5, 5.41) is 8.67. The Hall–Kier alpha value is -2.05. The van der Waals surface area contributed by atoms with Crippen LogP contribution in [0.25, 0.3) is 0 Å². The first-order valence-corrected chi connectivity index (χ1v) is 12.8. The molecule has 1 aromatic rings.